The van der Waals surface area contributed by atoms with Crippen molar-refractivity contribution in [3.63, 3.8) is 0 Å². The highest BCUT2D eigenvalue weighted by atomic mass is 16.1. The zero-order valence-corrected chi connectivity index (χ0v) is 12.9. The molecule has 0 aromatic rings. The van der Waals surface area contributed by atoms with Crippen molar-refractivity contribution in [3.05, 3.63) is 0 Å². The lowest BCUT2D eigenvalue weighted by molar-refractivity contribution is -0.120. The highest BCUT2D eigenvalue weighted by Crippen LogP contribution is 2.13. The van der Waals surface area contributed by atoms with E-state index in [4.69, 9.17) is 0 Å². The second kappa shape index (κ2) is 11.5. The Morgan fingerprint density at radius 1 is 0.947 bits per heavy atom. The fourth-order valence-corrected chi connectivity index (χ4v) is 2.92. The number of hydrogen-bond acceptors (Lipinski definition) is 2. The third-order valence-electron chi connectivity index (χ3n) is 4.23. The molecule has 1 rings (SSSR count). The molecule has 1 atom stereocenters. The van der Waals surface area contributed by atoms with Gasteiger partial charge in [0, 0.05) is 6.42 Å². The van der Waals surface area contributed by atoms with Gasteiger partial charge in [-0.25, -0.2) is 0 Å². The van der Waals surface area contributed by atoms with Crippen LogP contribution in [0.2, 0.25) is 0 Å². The molecule has 1 unspecified atom stereocenters. The van der Waals surface area contributed by atoms with E-state index in [0.29, 0.717) is 5.78 Å². The lowest BCUT2D eigenvalue weighted by atomic mass is 10.0. The fourth-order valence-electron chi connectivity index (χ4n) is 2.92. The first kappa shape index (κ1) is 16.7. The predicted molar refractivity (Wildman–Crippen MR) is 82.5 cm³/mol. The molecule has 0 saturated carbocycles. The first-order valence-electron chi connectivity index (χ1n) is 8.60. The van der Waals surface area contributed by atoms with Gasteiger partial charge in [0.05, 0.1) is 6.04 Å². The van der Waals surface area contributed by atoms with Crippen LogP contribution in [0.5, 0.6) is 0 Å². The van der Waals surface area contributed by atoms with Crippen molar-refractivity contribution in [2.24, 2.45) is 0 Å². The summed E-state index contributed by atoms with van der Waals surface area (Å²) in [6.07, 6.45) is 16.4. The Bertz CT molecular complexity index is 221. The van der Waals surface area contributed by atoms with Crippen molar-refractivity contribution in [1.82, 2.24) is 5.32 Å². The smallest absolute Gasteiger partial charge is 0.149 e. The first-order chi connectivity index (χ1) is 9.34. The molecule has 1 saturated heterocycles. The van der Waals surface area contributed by atoms with Gasteiger partial charge in [-0.3, -0.25) is 4.79 Å². The summed E-state index contributed by atoms with van der Waals surface area (Å²) < 4.78 is 0. The van der Waals surface area contributed by atoms with Crippen LogP contribution in [-0.2, 0) is 4.79 Å². The van der Waals surface area contributed by atoms with Crippen LogP contribution >= 0.6 is 0 Å². The molecular weight excluding hydrogens is 234 g/mol. The van der Waals surface area contributed by atoms with Gasteiger partial charge in [-0.05, 0) is 25.8 Å². The normalized spacial score (nSPS) is 18.9. The van der Waals surface area contributed by atoms with Gasteiger partial charge in [0.15, 0.2) is 0 Å². The van der Waals surface area contributed by atoms with E-state index in [1.165, 1.54) is 64.2 Å². The Morgan fingerprint density at radius 3 is 2.05 bits per heavy atom. The molecule has 2 heteroatoms. The third-order valence-corrected chi connectivity index (χ3v) is 4.23. The summed E-state index contributed by atoms with van der Waals surface area (Å²) in [4.78, 5) is 11.8. The molecule has 0 aromatic heterocycles. The zero-order chi connectivity index (χ0) is 13.8. The number of carbonyl (C=O) groups is 1. The standard InChI is InChI=1S/C17H33NO/c1-2-3-4-5-6-7-8-9-10-11-14-17(19)16-13-12-15-18-16/h16,18H,2-15H2,1H3. The maximum absolute atomic E-state index is 11.8. The van der Waals surface area contributed by atoms with Gasteiger partial charge >= 0.3 is 0 Å². The molecule has 0 aliphatic carbocycles. The Labute approximate surface area is 119 Å². The van der Waals surface area contributed by atoms with E-state index in [9.17, 15) is 4.79 Å². The molecule has 1 heterocycles. The molecule has 0 bridgehead atoms. The molecule has 0 radical (unpaired) electrons. The largest absolute Gasteiger partial charge is 0.307 e. The van der Waals surface area contributed by atoms with Crippen LogP contribution < -0.4 is 5.32 Å². The number of carbonyl (C=O) groups excluding carboxylic acids is 1. The minimum atomic E-state index is 0.193. The summed E-state index contributed by atoms with van der Waals surface area (Å²) in [5.41, 5.74) is 0. The van der Waals surface area contributed by atoms with Crippen LogP contribution in [0.4, 0.5) is 0 Å². The molecule has 2 nitrogen and oxygen atoms in total. The summed E-state index contributed by atoms with van der Waals surface area (Å²) in [6, 6.07) is 0.193. The SMILES string of the molecule is CCCCCCCCCCCCC(=O)C1CCCN1. The lowest BCUT2D eigenvalue weighted by Gasteiger charge is -2.08. The van der Waals surface area contributed by atoms with E-state index in [1.54, 1.807) is 0 Å². The number of hydrogen-bond donors (Lipinski definition) is 1. The minimum absolute atomic E-state index is 0.193. The van der Waals surface area contributed by atoms with Crippen LogP contribution in [-0.4, -0.2) is 18.4 Å². The summed E-state index contributed by atoms with van der Waals surface area (Å²) in [5.74, 6) is 0.456. The summed E-state index contributed by atoms with van der Waals surface area (Å²) in [5, 5.41) is 3.29. The number of Topliss-reactive ketones (excluding diaryl/α,β-unsaturated/α-hetero) is 1. The molecule has 1 N–H and O–H groups in total. The van der Waals surface area contributed by atoms with Crippen LogP contribution in [0.25, 0.3) is 0 Å². The summed E-state index contributed by atoms with van der Waals surface area (Å²) in [6.45, 7) is 3.30. The average molecular weight is 267 g/mol. The maximum Gasteiger partial charge on any atom is 0.149 e. The molecule has 1 aliphatic heterocycles. The number of nitrogens with one attached hydrogen (secondary N) is 1. The Kier molecular flexibility index (Phi) is 10.1. The van der Waals surface area contributed by atoms with E-state index in [-0.39, 0.29) is 6.04 Å². The molecular formula is C17H33NO. The second-order valence-electron chi connectivity index (χ2n) is 6.05. The van der Waals surface area contributed by atoms with Gasteiger partial charge < -0.3 is 5.32 Å². The third kappa shape index (κ3) is 8.41. The number of rotatable bonds is 12. The molecule has 0 spiro atoms. The monoisotopic (exact) mass is 267 g/mol. The van der Waals surface area contributed by atoms with Crippen LogP contribution in [0.1, 0.15) is 90.4 Å². The lowest BCUT2D eigenvalue weighted by Crippen LogP contribution is -2.30. The van der Waals surface area contributed by atoms with Gasteiger partial charge in [-0.15, -0.1) is 0 Å². The summed E-state index contributed by atoms with van der Waals surface area (Å²) in [7, 11) is 0. The molecule has 19 heavy (non-hydrogen) atoms. The van der Waals surface area contributed by atoms with Crippen molar-refractivity contribution in [2.45, 2.75) is 96.4 Å². The Morgan fingerprint density at radius 2 is 1.53 bits per heavy atom. The Balaban J connectivity index is 1.79. The quantitative estimate of drug-likeness (QED) is 0.523. The molecule has 1 aliphatic rings. The molecule has 112 valence electrons. The number of unbranched alkanes of at least 4 members (excludes halogenated alkanes) is 9. The summed E-state index contributed by atoms with van der Waals surface area (Å²) >= 11 is 0. The second-order valence-corrected chi connectivity index (χ2v) is 6.05. The van der Waals surface area contributed by atoms with Crippen LogP contribution in [0.15, 0.2) is 0 Å². The van der Waals surface area contributed by atoms with Gasteiger partial charge in [0.1, 0.15) is 5.78 Å². The van der Waals surface area contributed by atoms with Gasteiger partial charge in [0.25, 0.3) is 0 Å². The van der Waals surface area contributed by atoms with E-state index in [0.717, 1.165) is 25.8 Å². The Hall–Kier alpha value is -0.370. The van der Waals surface area contributed by atoms with E-state index in [1.807, 2.05) is 0 Å². The predicted octanol–water partition coefficient (Wildman–Crippen LogP) is 4.62. The fraction of sp³-hybridized carbons (Fsp3) is 0.941. The minimum Gasteiger partial charge on any atom is -0.307 e. The maximum atomic E-state index is 11.8. The van der Waals surface area contributed by atoms with Crippen molar-refractivity contribution in [3.8, 4) is 0 Å². The van der Waals surface area contributed by atoms with Crippen LogP contribution in [0, 0.1) is 0 Å². The molecule has 0 aromatic carbocycles. The van der Waals surface area contributed by atoms with E-state index < -0.39 is 0 Å². The van der Waals surface area contributed by atoms with Crippen LogP contribution in [0.3, 0.4) is 0 Å². The molecule has 1 fully saturated rings. The van der Waals surface area contributed by atoms with Crippen molar-refractivity contribution < 1.29 is 4.79 Å². The van der Waals surface area contributed by atoms with Gasteiger partial charge in [0.2, 0.25) is 0 Å². The van der Waals surface area contributed by atoms with Crippen molar-refractivity contribution >= 4 is 5.78 Å². The average Bonchev–Trinajstić information content (AvgIpc) is 2.95. The van der Waals surface area contributed by atoms with Crippen molar-refractivity contribution in [2.75, 3.05) is 6.54 Å². The van der Waals surface area contributed by atoms with Gasteiger partial charge in [-0.2, -0.15) is 0 Å². The number of ketones is 1. The molecule has 0 amide bonds. The topological polar surface area (TPSA) is 29.1 Å². The highest BCUT2D eigenvalue weighted by molar-refractivity contribution is 5.84. The zero-order valence-electron chi connectivity index (χ0n) is 12.9. The van der Waals surface area contributed by atoms with Gasteiger partial charge in [-0.1, -0.05) is 64.7 Å². The highest BCUT2D eigenvalue weighted by Gasteiger charge is 2.20. The van der Waals surface area contributed by atoms with E-state index >= 15 is 0 Å². The first-order valence-corrected chi connectivity index (χ1v) is 8.60. The van der Waals surface area contributed by atoms with E-state index in [2.05, 4.69) is 12.2 Å². The van der Waals surface area contributed by atoms with Crippen molar-refractivity contribution in [1.29, 1.82) is 0 Å².